The second-order valence-corrected chi connectivity index (χ2v) is 7.36. The minimum Gasteiger partial charge on any atom is -0.493 e. The molecule has 1 aromatic carbocycles. The molecule has 11 nitrogen and oxygen atoms in total. The fourth-order valence-corrected chi connectivity index (χ4v) is 3.61. The zero-order chi connectivity index (χ0) is 23.8. The van der Waals surface area contributed by atoms with Gasteiger partial charge < -0.3 is 23.8 Å². The van der Waals surface area contributed by atoms with E-state index in [1.807, 2.05) is 0 Å². The fraction of sp³-hybridized carbons (Fsp3) is 0.455. The number of nitrogens with zero attached hydrogens (tertiary/aromatic N) is 4. The van der Waals surface area contributed by atoms with Crippen LogP contribution in [-0.2, 0) is 4.74 Å². The van der Waals surface area contributed by atoms with Gasteiger partial charge in [-0.05, 0) is 24.6 Å². The van der Waals surface area contributed by atoms with Crippen LogP contribution in [0.2, 0.25) is 0 Å². The fourth-order valence-electron chi connectivity index (χ4n) is 3.61. The Labute approximate surface area is 192 Å². The van der Waals surface area contributed by atoms with E-state index in [2.05, 4.69) is 14.8 Å². The van der Waals surface area contributed by atoms with Gasteiger partial charge in [0.2, 0.25) is 5.75 Å². The Morgan fingerprint density at radius 1 is 1.06 bits per heavy atom. The van der Waals surface area contributed by atoms with Gasteiger partial charge in [0.05, 0.1) is 38.4 Å². The van der Waals surface area contributed by atoms with E-state index in [9.17, 15) is 14.9 Å². The van der Waals surface area contributed by atoms with Gasteiger partial charge in [-0.15, -0.1) is 0 Å². The molecule has 3 rings (SSSR count). The van der Waals surface area contributed by atoms with Crippen molar-refractivity contribution in [2.45, 2.75) is 6.42 Å². The number of methoxy groups -OCH3 is 3. The van der Waals surface area contributed by atoms with E-state index < -0.39 is 10.9 Å². The third-order valence-electron chi connectivity index (χ3n) is 5.39. The number of hydrogen-bond donors (Lipinski definition) is 0. The molecule has 0 radical (unpaired) electrons. The van der Waals surface area contributed by atoms with Crippen LogP contribution in [0.25, 0.3) is 0 Å². The molecule has 2 heterocycles. The lowest BCUT2D eigenvalue weighted by Gasteiger charge is -2.35. The summed E-state index contributed by atoms with van der Waals surface area (Å²) in [6, 6.07) is 6.28. The molecule has 1 fully saturated rings. The minimum atomic E-state index is -0.455. The molecule has 0 spiro atoms. The van der Waals surface area contributed by atoms with Gasteiger partial charge in [0, 0.05) is 38.8 Å². The number of pyridine rings is 1. The van der Waals surface area contributed by atoms with Gasteiger partial charge in [-0.3, -0.25) is 15.0 Å². The third kappa shape index (κ3) is 6.01. The monoisotopic (exact) mass is 460 g/mol. The van der Waals surface area contributed by atoms with Crippen LogP contribution in [0.3, 0.4) is 0 Å². The average molecular weight is 460 g/mol. The van der Waals surface area contributed by atoms with Crippen molar-refractivity contribution in [3.63, 3.8) is 0 Å². The summed E-state index contributed by atoms with van der Waals surface area (Å²) in [7, 11) is 4.48. The maximum Gasteiger partial charge on any atom is 0.338 e. The van der Waals surface area contributed by atoms with Gasteiger partial charge in [-0.25, -0.2) is 9.78 Å². The standard InChI is InChI=1S/C22H28N4O7/c1-30-18-13-16(14-19(31-2)21(18)32-3)22(27)33-12-4-7-24-8-10-25(11-9-24)20-6-5-17(15-23-20)26(28)29/h5-6,13-15H,4,7-12H2,1-3H3. The predicted octanol–water partition coefficient (Wildman–Crippen LogP) is 2.38. The van der Waals surface area contributed by atoms with Gasteiger partial charge in [-0.1, -0.05) is 0 Å². The molecule has 178 valence electrons. The lowest BCUT2D eigenvalue weighted by molar-refractivity contribution is -0.385. The average Bonchev–Trinajstić information content (AvgIpc) is 2.85. The van der Waals surface area contributed by atoms with Crippen molar-refractivity contribution in [2.75, 3.05) is 65.6 Å². The van der Waals surface area contributed by atoms with Crippen LogP contribution < -0.4 is 19.1 Å². The number of anilines is 1. The molecule has 1 saturated heterocycles. The van der Waals surface area contributed by atoms with E-state index in [-0.39, 0.29) is 5.69 Å². The van der Waals surface area contributed by atoms with Crippen molar-refractivity contribution < 1.29 is 28.7 Å². The SMILES string of the molecule is COc1cc(C(=O)OCCCN2CCN(c3ccc([N+](=O)[O-])cn3)CC2)cc(OC)c1OC. The number of ether oxygens (including phenoxy) is 4. The molecular formula is C22H28N4O7. The van der Waals surface area contributed by atoms with Crippen molar-refractivity contribution in [1.82, 2.24) is 9.88 Å². The first-order chi connectivity index (χ1) is 16.0. The molecule has 1 aromatic heterocycles. The summed E-state index contributed by atoms with van der Waals surface area (Å²) < 4.78 is 21.2. The Kier molecular flexibility index (Phi) is 8.25. The molecule has 0 atom stereocenters. The molecule has 0 amide bonds. The lowest BCUT2D eigenvalue weighted by Crippen LogP contribution is -2.47. The summed E-state index contributed by atoms with van der Waals surface area (Å²) in [5, 5.41) is 10.8. The molecule has 1 aliphatic heterocycles. The Morgan fingerprint density at radius 2 is 1.73 bits per heavy atom. The molecule has 0 N–H and O–H groups in total. The molecule has 2 aromatic rings. The van der Waals surface area contributed by atoms with Crippen molar-refractivity contribution >= 4 is 17.5 Å². The summed E-state index contributed by atoms with van der Waals surface area (Å²) in [6.45, 7) is 4.30. The first-order valence-corrected chi connectivity index (χ1v) is 10.5. The van der Waals surface area contributed by atoms with Crippen LogP contribution in [0.4, 0.5) is 11.5 Å². The van der Waals surface area contributed by atoms with Crippen molar-refractivity contribution in [2.24, 2.45) is 0 Å². The van der Waals surface area contributed by atoms with Gasteiger partial charge >= 0.3 is 5.97 Å². The number of piperazine rings is 1. The number of rotatable bonds is 10. The van der Waals surface area contributed by atoms with Gasteiger partial charge in [0.1, 0.15) is 12.0 Å². The first kappa shape index (κ1) is 24.1. The van der Waals surface area contributed by atoms with Crippen LogP contribution in [0.5, 0.6) is 17.2 Å². The Hall–Kier alpha value is -3.60. The highest BCUT2D eigenvalue weighted by Gasteiger charge is 2.20. The molecule has 33 heavy (non-hydrogen) atoms. The Balaban J connectivity index is 1.43. The Morgan fingerprint density at radius 3 is 2.24 bits per heavy atom. The van der Waals surface area contributed by atoms with Crippen LogP contribution in [0.15, 0.2) is 30.5 Å². The second-order valence-electron chi connectivity index (χ2n) is 7.36. The highest BCUT2D eigenvalue weighted by molar-refractivity contribution is 5.91. The number of aromatic nitrogens is 1. The van der Waals surface area contributed by atoms with E-state index in [1.54, 1.807) is 18.2 Å². The zero-order valence-electron chi connectivity index (χ0n) is 19.0. The molecule has 0 unspecified atom stereocenters. The smallest absolute Gasteiger partial charge is 0.338 e. The summed E-state index contributed by atoms with van der Waals surface area (Å²) in [5.74, 6) is 1.48. The van der Waals surface area contributed by atoms with Crippen molar-refractivity contribution in [3.8, 4) is 17.2 Å². The van der Waals surface area contributed by atoms with Crippen LogP contribution in [0.1, 0.15) is 16.8 Å². The van der Waals surface area contributed by atoms with E-state index in [1.165, 1.54) is 33.6 Å². The molecule has 11 heteroatoms. The van der Waals surface area contributed by atoms with Crippen molar-refractivity contribution in [1.29, 1.82) is 0 Å². The maximum atomic E-state index is 12.5. The molecule has 1 aliphatic rings. The third-order valence-corrected chi connectivity index (χ3v) is 5.39. The Bertz CT molecular complexity index is 935. The minimum absolute atomic E-state index is 0.0153. The summed E-state index contributed by atoms with van der Waals surface area (Å²) in [5.41, 5.74) is 0.312. The molecule has 0 aliphatic carbocycles. The number of esters is 1. The number of benzene rings is 1. The number of nitro groups is 1. The van der Waals surface area contributed by atoms with Gasteiger partial charge in [0.25, 0.3) is 5.69 Å². The number of hydrogen-bond acceptors (Lipinski definition) is 10. The van der Waals surface area contributed by atoms with Gasteiger partial charge in [0.15, 0.2) is 11.5 Å². The number of carbonyl (C=O) groups excluding carboxylic acids is 1. The van der Waals surface area contributed by atoms with Crippen molar-refractivity contribution in [3.05, 3.63) is 46.1 Å². The van der Waals surface area contributed by atoms with E-state index in [4.69, 9.17) is 18.9 Å². The highest BCUT2D eigenvalue weighted by Crippen LogP contribution is 2.38. The van der Waals surface area contributed by atoms with Gasteiger partial charge in [-0.2, -0.15) is 0 Å². The summed E-state index contributed by atoms with van der Waals surface area (Å²) in [4.78, 5) is 31.3. The van der Waals surface area contributed by atoms with E-state index >= 15 is 0 Å². The number of carbonyl (C=O) groups is 1. The first-order valence-electron chi connectivity index (χ1n) is 10.5. The summed E-state index contributed by atoms with van der Waals surface area (Å²) >= 11 is 0. The topological polar surface area (TPSA) is 117 Å². The quantitative estimate of drug-likeness (QED) is 0.226. The van der Waals surface area contributed by atoms with Crippen LogP contribution >= 0.6 is 0 Å². The molecular weight excluding hydrogens is 432 g/mol. The highest BCUT2D eigenvalue weighted by atomic mass is 16.6. The predicted molar refractivity (Wildman–Crippen MR) is 121 cm³/mol. The lowest BCUT2D eigenvalue weighted by atomic mass is 10.2. The van der Waals surface area contributed by atoms with Crippen LogP contribution in [-0.4, -0.2) is 81.4 Å². The largest absolute Gasteiger partial charge is 0.493 e. The normalized spacial score (nSPS) is 14.0. The zero-order valence-corrected chi connectivity index (χ0v) is 19.0. The second kappa shape index (κ2) is 11.3. The summed E-state index contributed by atoms with van der Waals surface area (Å²) in [6.07, 6.45) is 1.98. The molecule has 0 bridgehead atoms. The van der Waals surface area contributed by atoms with E-state index in [0.29, 0.717) is 35.8 Å². The van der Waals surface area contributed by atoms with E-state index in [0.717, 1.165) is 38.5 Å². The molecule has 0 saturated carbocycles. The van der Waals surface area contributed by atoms with Crippen LogP contribution in [0, 0.1) is 10.1 Å². The maximum absolute atomic E-state index is 12.5.